The minimum Gasteiger partial charge on any atom is -0.493 e. The van der Waals surface area contributed by atoms with E-state index in [1.807, 2.05) is 18.2 Å². The van der Waals surface area contributed by atoms with E-state index in [1.165, 1.54) is 0 Å². The largest absolute Gasteiger partial charge is 0.493 e. The number of benzene rings is 1. The molecule has 0 fully saturated rings. The molecule has 0 spiro atoms. The van der Waals surface area contributed by atoms with Crippen LogP contribution >= 0.6 is 15.9 Å². The third-order valence-corrected chi connectivity index (χ3v) is 2.68. The van der Waals surface area contributed by atoms with E-state index in [4.69, 9.17) is 9.47 Å². The van der Waals surface area contributed by atoms with Gasteiger partial charge in [0.1, 0.15) is 6.61 Å². The van der Waals surface area contributed by atoms with Gasteiger partial charge < -0.3 is 14.8 Å². The van der Waals surface area contributed by atoms with E-state index in [2.05, 4.69) is 35.1 Å². The van der Waals surface area contributed by atoms with Gasteiger partial charge in [-0.25, -0.2) is 0 Å². The molecule has 4 heteroatoms. The lowest BCUT2D eigenvalue weighted by molar-refractivity contribution is 0.287. The summed E-state index contributed by atoms with van der Waals surface area (Å²) in [5.74, 6) is 1.51. The minimum absolute atomic E-state index is 0.477. The summed E-state index contributed by atoms with van der Waals surface area (Å²) in [6, 6.07) is 6.22. The van der Waals surface area contributed by atoms with Gasteiger partial charge in [-0.1, -0.05) is 19.9 Å². The van der Waals surface area contributed by atoms with Gasteiger partial charge in [-0.05, 0) is 28.1 Å². The Morgan fingerprint density at radius 2 is 2.12 bits per heavy atom. The third-order valence-electron chi connectivity index (χ3n) is 2.05. The quantitative estimate of drug-likeness (QED) is 0.816. The Morgan fingerprint density at radius 3 is 2.75 bits per heavy atom. The Labute approximate surface area is 105 Å². The van der Waals surface area contributed by atoms with E-state index in [9.17, 15) is 0 Å². The number of hydrogen-bond acceptors (Lipinski definition) is 3. The Morgan fingerprint density at radius 1 is 1.38 bits per heavy atom. The van der Waals surface area contributed by atoms with Crippen molar-refractivity contribution < 1.29 is 9.47 Å². The first-order valence-corrected chi connectivity index (χ1v) is 6.13. The molecule has 0 atom stereocenters. The number of para-hydroxylation sites is 1. The van der Waals surface area contributed by atoms with Gasteiger partial charge in [-0.2, -0.15) is 0 Å². The fraction of sp³-hybridized carbons (Fsp3) is 0.500. The number of rotatable bonds is 6. The first-order chi connectivity index (χ1) is 7.65. The van der Waals surface area contributed by atoms with Crippen molar-refractivity contribution in [2.45, 2.75) is 19.9 Å². The summed E-state index contributed by atoms with van der Waals surface area (Å²) >= 11 is 3.44. The molecule has 0 aliphatic rings. The third kappa shape index (κ3) is 4.02. The van der Waals surface area contributed by atoms with Crippen LogP contribution in [-0.2, 0) is 0 Å². The van der Waals surface area contributed by atoms with Gasteiger partial charge >= 0.3 is 0 Å². The Kier molecular flexibility index (Phi) is 5.63. The molecule has 1 aromatic rings. The zero-order valence-corrected chi connectivity index (χ0v) is 11.5. The minimum atomic E-state index is 0.477. The number of nitrogens with one attached hydrogen (secondary N) is 1. The molecule has 1 rings (SSSR count). The van der Waals surface area contributed by atoms with Gasteiger partial charge in [0.15, 0.2) is 11.5 Å². The average molecular weight is 288 g/mol. The first kappa shape index (κ1) is 13.3. The molecule has 0 amide bonds. The molecule has 0 aliphatic heterocycles. The predicted octanol–water partition coefficient (Wildman–Crippen LogP) is 2.83. The van der Waals surface area contributed by atoms with E-state index in [-0.39, 0.29) is 0 Å². The molecule has 0 saturated heterocycles. The topological polar surface area (TPSA) is 30.5 Å². The summed E-state index contributed by atoms with van der Waals surface area (Å²) in [4.78, 5) is 0. The van der Waals surface area contributed by atoms with Gasteiger partial charge in [-0.15, -0.1) is 0 Å². The second-order valence-electron chi connectivity index (χ2n) is 3.73. The zero-order chi connectivity index (χ0) is 12.0. The summed E-state index contributed by atoms with van der Waals surface area (Å²) in [5.41, 5.74) is 0. The maximum Gasteiger partial charge on any atom is 0.175 e. The second-order valence-corrected chi connectivity index (χ2v) is 4.58. The summed E-state index contributed by atoms with van der Waals surface area (Å²) in [6.45, 7) is 5.66. The van der Waals surface area contributed by atoms with Crippen LogP contribution in [0.3, 0.4) is 0 Å². The summed E-state index contributed by atoms with van der Waals surface area (Å²) in [7, 11) is 1.64. The number of halogens is 1. The normalized spacial score (nSPS) is 10.6. The zero-order valence-electron chi connectivity index (χ0n) is 9.92. The molecule has 0 aliphatic carbocycles. The van der Waals surface area contributed by atoms with Gasteiger partial charge in [-0.3, -0.25) is 0 Å². The lowest BCUT2D eigenvalue weighted by Gasteiger charge is -2.13. The molecule has 0 aromatic heterocycles. The van der Waals surface area contributed by atoms with Crippen molar-refractivity contribution in [1.82, 2.24) is 5.32 Å². The molecule has 90 valence electrons. The monoisotopic (exact) mass is 287 g/mol. The van der Waals surface area contributed by atoms with Crippen LogP contribution in [0.2, 0.25) is 0 Å². The Balaban J connectivity index is 2.52. The highest BCUT2D eigenvalue weighted by atomic mass is 79.9. The molecule has 0 heterocycles. The molecule has 0 radical (unpaired) electrons. The van der Waals surface area contributed by atoms with Gasteiger partial charge in [0.25, 0.3) is 0 Å². The highest BCUT2D eigenvalue weighted by molar-refractivity contribution is 9.10. The van der Waals surface area contributed by atoms with Crippen LogP contribution in [0, 0.1) is 0 Å². The van der Waals surface area contributed by atoms with E-state index < -0.39 is 0 Å². The summed E-state index contributed by atoms with van der Waals surface area (Å²) in [5, 5.41) is 3.29. The standard InChI is InChI=1S/C12H18BrNO2/c1-9(2)14-7-8-16-12-10(13)5-4-6-11(12)15-3/h4-6,9,14H,7-8H2,1-3H3. The Bertz CT molecular complexity index is 329. The maximum atomic E-state index is 5.67. The smallest absolute Gasteiger partial charge is 0.175 e. The Hall–Kier alpha value is -0.740. The second kappa shape index (κ2) is 6.76. The van der Waals surface area contributed by atoms with Crippen molar-refractivity contribution in [3.63, 3.8) is 0 Å². The average Bonchev–Trinajstić information content (AvgIpc) is 2.25. The van der Waals surface area contributed by atoms with E-state index in [0.717, 1.165) is 22.5 Å². The summed E-state index contributed by atoms with van der Waals surface area (Å²) in [6.07, 6.45) is 0. The molecular formula is C12H18BrNO2. The van der Waals surface area contributed by atoms with Crippen LogP contribution in [-0.4, -0.2) is 26.3 Å². The molecule has 1 aromatic carbocycles. The van der Waals surface area contributed by atoms with Crippen LogP contribution in [0.25, 0.3) is 0 Å². The highest BCUT2D eigenvalue weighted by Gasteiger charge is 2.07. The molecule has 0 unspecified atom stereocenters. The van der Waals surface area contributed by atoms with Crippen LogP contribution in [0.1, 0.15) is 13.8 Å². The van der Waals surface area contributed by atoms with Crippen LogP contribution < -0.4 is 14.8 Å². The van der Waals surface area contributed by atoms with Gasteiger partial charge in [0.05, 0.1) is 11.6 Å². The van der Waals surface area contributed by atoms with Crippen molar-refractivity contribution in [3.8, 4) is 11.5 Å². The fourth-order valence-corrected chi connectivity index (χ4v) is 1.75. The van der Waals surface area contributed by atoms with E-state index in [0.29, 0.717) is 12.6 Å². The first-order valence-electron chi connectivity index (χ1n) is 5.34. The number of ether oxygens (including phenoxy) is 2. The van der Waals surface area contributed by atoms with E-state index >= 15 is 0 Å². The van der Waals surface area contributed by atoms with Crippen molar-refractivity contribution >= 4 is 15.9 Å². The summed E-state index contributed by atoms with van der Waals surface area (Å²) < 4.78 is 11.8. The van der Waals surface area contributed by atoms with Crippen LogP contribution in [0.5, 0.6) is 11.5 Å². The molecule has 1 N–H and O–H groups in total. The molecule has 16 heavy (non-hydrogen) atoms. The van der Waals surface area contributed by atoms with Crippen molar-refractivity contribution in [2.24, 2.45) is 0 Å². The lowest BCUT2D eigenvalue weighted by Crippen LogP contribution is -2.27. The number of methoxy groups -OCH3 is 1. The van der Waals surface area contributed by atoms with Gasteiger partial charge in [0, 0.05) is 12.6 Å². The van der Waals surface area contributed by atoms with Crippen molar-refractivity contribution in [3.05, 3.63) is 22.7 Å². The lowest BCUT2D eigenvalue weighted by atomic mass is 10.3. The van der Waals surface area contributed by atoms with Crippen molar-refractivity contribution in [2.75, 3.05) is 20.3 Å². The number of hydrogen-bond donors (Lipinski definition) is 1. The predicted molar refractivity (Wildman–Crippen MR) is 69.3 cm³/mol. The van der Waals surface area contributed by atoms with Crippen molar-refractivity contribution in [1.29, 1.82) is 0 Å². The molecule has 3 nitrogen and oxygen atoms in total. The molecule has 0 saturated carbocycles. The highest BCUT2D eigenvalue weighted by Crippen LogP contribution is 2.34. The maximum absolute atomic E-state index is 5.67. The van der Waals surface area contributed by atoms with E-state index in [1.54, 1.807) is 7.11 Å². The SMILES string of the molecule is COc1cccc(Br)c1OCCNC(C)C. The van der Waals surface area contributed by atoms with Crippen LogP contribution in [0.15, 0.2) is 22.7 Å². The van der Waals surface area contributed by atoms with Crippen LogP contribution in [0.4, 0.5) is 0 Å². The molecular weight excluding hydrogens is 270 g/mol. The fourth-order valence-electron chi connectivity index (χ4n) is 1.29. The molecule has 0 bridgehead atoms. The van der Waals surface area contributed by atoms with Gasteiger partial charge in [0.2, 0.25) is 0 Å².